The van der Waals surface area contributed by atoms with Crippen LogP contribution >= 0.6 is 0 Å². The van der Waals surface area contributed by atoms with Crippen LogP contribution in [-0.4, -0.2) is 47.8 Å². The number of ether oxygens (including phenoxy) is 1. The first-order valence-electron chi connectivity index (χ1n) is 4.85. The lowest BCUT2D eigenvalue weighted by Gasteiger charge is -2.42. The predicted molar refractivity (Wildman–Crippen MR) is 46.6 cm³/mol. The van der Waals surface area contributed by atoms with Crippen LogP contribution < -0.4 is 0 Å². The summed E-state index contributed by atoms with van der Waals surface area (Å²) in [5.74, 6) is -0.674. The SMILES string of the molecule is O=C(O)C1CCCCN1C1COC1. The van der Waals surface area contributed by atoms with Crippen molar-refractivity contribution in [2.75, 3.05) is 19.8 Å². The van der Waals surface area contributed by atoms with Crippen molar-refractivity contribution in [3.05, 3.63) is 0 Å². The molecule has 2 aliphatic rings. The molecule has 0 aromatic carbocycles. The third kappa shape index (κ3) is 1.69. The van der Waals surface area contributed by atoms with Gasteiger partial charge in [-0.2, -0.15) is 0 Å². The van der Waals surface area contributed by atoms with Crippen molar-refractivity contribution in [2.45, 2.75) is 31.3 Å². The van der Waals surface area contributed by atoms with Crippen molar-refractivity contribution in [3.63, 3.8) is 0 Å². The topological polar surface area (TPSA) is 49.8 Å². The highest BCUT2D eigenvalue weighted by atomic mass is 16.5. The summed E-state index contributed by atoms with van der Waals surface area (Å²) in [7, 11) is 0. The number of nitrogens with zero attached hydrogens (tertiary/aromatic N) is 1. The number of likely N-dealkylation sites (tertiary alicyclic amines) is 1. The molecule has 4 nitrogen and oxygen atoms in total. The first-order valence-corrected chi connectivity index (χ1v) is 4.85. The van der Waals surface area contributed by atoms with Crippen molar-refractivity contribution in [1.29, 1.82) is 0 Å². The Morgan fingerprint density at radius 2 is 2.15 bits per heavy atom. The van der Waals surface area contributed by atoms with Gasteiger partial charge in [0.2, 0.25) is 0 Å². The lowest BCUT2D eigenvalue weighted by molar-refractivity contribution is -0.152. The maximum absolute atomic E-state index is 10.9. The number of aliphatic carboxylic acids is 1. The highest BCUT2D eigenvalue weighted by molar-refractivity contribution is 5.73. The Kier molecular flexibility index (Phi) is 2.51. The van der Waals surface area contributed by atoms with E-state index in [1.54, 1.807) is 0 Å². The van der Waals surface area contributed by atoms with Gasteiger partial charge in [-0.3, -0.25) is 9.69 Å². The molecule has 0 aliphatic carbocycles. The number of hydrogen-bond acceptors (Lipinski definition) is 3. The van der Waals surface area contributed by atoms with E-state index in [0.29, 0.717) is 19.3 Å². The summed E-state index contributed by atoms with van der Waals surface area (Å²) in [5, 5.41) is 8.99. The van der Waals surface area contributed by atoms with Crippen LogP contribution in [0.25, 0.3) is 0 Å². The largest absolute Gasteiger partial charge is 0.480 e. The van der Waals surface area contributed by atoms with Gasteiger partial charge in [0.05, 0.1) is 19.3 Å². The highest BCUT2D eigenvalue weighted by Crippen LogP contribution is 2.23. The van der Waals surface area contributed by atoms with Gasteiger partial charge in [0, 0.05) is 0 Å². The van der Waals surface area contributed by atoms with Crippen molar-refractivity contribution in [2.24, 2.45) is 0 Å². The van der Waals surface area contributed by atoms with Crippen LogP contribution in [0.1, 0.15) is 19.3 Å². The smallest absolute Gasteiger partial charge is 0.320 e. The summed E-state index contributed by atoms with van der Waals surface area (Å²) in [5.41, 5.74) is 0. The molecule has 13 heavy (non-hydrogen) atoms. The molecule has 0 amide bonds. The minimum Gasteiger partial charge on any atom is -0.480 e. The summed E-state index contributed by atoms with van der Waals surface area (Å²) in [4.78, 5) is 13.0. The standard InChI is InChI=1S/C9H15NO3/c11-9(12)8-3-1-2-4-10(8)7-5-13-6-7/h7-8H,1-6H2,(H,11,12). The van der Waals surface area contributed by atoms with Gasteiger partial charge in [0.1, 0.15) is 6.04 Å². The minimum atomic E-state index is -0.674. The first kappa shape index (κ1) is 8.97. The van der Waals surface area contributed by atoms with Crippen molar-refractivity contribution < 1.29 is 14.6 Å². The van der Waals surface area contributed by atoms with Gasteiger partial charge in [0.25, 0.3) is 0 Å². The fraction of sp³-hybridized carbons (Fsp3) is 0.889. The van der Waals surface area contributed by atoms with Crippen LogP contribution in [0.4, 0.5) is 0 Å². The second-order valence-corrected chi connectivity index (χ2v) is 3.78. The van der Waals surface area contributed by atoms with Crippen LogP contribution in [0.3, 0.4) is 0 Å². The molecule has 0 aromatic heterocycles. The summed E-state index contributed by atoms with van der Waals surface area (Å²) in [6.45, 7) is 2.35. The van der Waals surface area contributed by atoms with Gasteiger partial charge in [-0.15, -0.1) is 0 Å². The van der Waals surface area contributed by atoms with E-state index in [4.69, 9.17) is 9.84 Å². The highest BCUT2D eigenvalue weighted by Gasteiger charge is 2.36. The number of carboxylic acids is 1. The quantitative estimate of drug-likeness (QED) is 0.673. The molecule has 2 heterocycles. The van der Waals surface area contributed by atoms with Gasteiger partial charge >= 0.3 is 5.97 Å². The van der Waals surface area contributed by atoms with Crippen LogP contribution in [-0.2, 0) is 9.53 Å². The molecule has 2 aliphatic heterocycles. The fourth-order valence-electron chi connectivity index (χ4n) is 2.07. The number of hydrogen-bond donors (Lipinski definition) is 1. The lowest BCUT2D eigenvalue weighted by atomic mass is 9.99. The van der Waals surface area contributed by atoms with E-state index in [2.05, 4.69) is 4.90 Å². The maximum atomic E-state index is 10.9. The first-order chi connectivity index (χ1) is 6.29. The Balaban J connectivity index is 1.99. The molecule has 4 heteroatoms. The van der Waals surface area contributed by atoms with E-state index in [1.807, 2.05) is 0 Å². The van der Waals surface area contributed by atoms with Crippen molar-refractivity contribution in [3.8, 4) is 0 Å². The van der Waals surface area contributed by atoms with Gasteiger partial charge in [-0.05, 0) is 19.4 Å². The number of rotatable bonds is 2. The average molecular weight is 185 g/mol. The molecular formula is C9H15NO3. The molecule has 0 aromatic rings. The molecule has 0 radical (unpaired) electrons. The normalized spacial score (nSPS) is 31.2. The third-order valence-corrected chi connectivity index (χ3v) is 2.92. The van der Waals surface area contributed by atoms with E-state index >= 15 is 0 Å². The van der Waals surface area contributed by atoms with E-state index < -0.39 is 5.97 Å². The Morgan fingerprint density at radius 1 is 1.38 bits per heavy atom. The zero-order valence-corrected chi connectivity index (χ0v) is 7.61. The molecule has 0 bridgehead atoms. The van der Waals surface area contributed by atoms with E-state index in [0.717, 1.165) is 25.8 Å². The summed E-state index contributed by atoms with van der Waals surface area (Å²) in [6, 6.07) is 0.101. The molecular weight excluding hydrogens is 170 g/mol. The summed E-state index contributed by atoms with van der Waals surface area (Å²) < 4.78 is 5.08. The van der Waals surface area contributed by atoms with Gasteiger partial charge in [-0.1, -0.05) is 6.42 Å². The van der Waals surface area contributed by atoms with Crippen LogP contribution in [0, 0.1) is 0 Å². The van der Waals surface area contributed by atoms with Gasteiger partial charge in [0.15, 0.2) is 0 Å². The second-order valence-electron chi connectivity index (χ2n) is 3.78. The van der Waals surface area contributed by atoms with Gasteiger partial charge < -0.3 is 9.84 Å². The summed E-state index contributed by atoms with van der Waals surface area (Å²) in [6.07, 6.45) is 2.97. The zero-order chi connectivity index (χ0) is 9.26. The second kappa shape index (κ2) is 3.64. The van der Waals surface area contributed by atoms with E-state index in [1.165, 1.54) is 0 Å². The van der Waals surface area contributed by atoms with Gasteiger partial charge in [-0.25, -0.2) is 0 Å². The maximum Gasteiger partial charge on any atom is 0.320 e. The minimum absolute atomic E-state index is 0.261. The molecule has 74 valence electrons. The van der Waals surface area contributed by atoms with E-state index in [9.17, 15) is 4.79 Å². The monoisotopic (exact) mass is 185 g/mol. The number of carbonyl (C=O) groups is 1. The van der Waals surface area contributed by atoms with Crippen molar-refractivity contribution >= 4 is 5.97 Å². The molecule has 1 N–H and O–H groups in total. The van der Waals surface area contributed by atoms with Crippen LogP contribution in [0.15, 0.2) is 0 Å². The van der Waals surface area contributed by atoms with Crippen LogP contribution in [0.5, 0.6) is 0 Å². The average Bonchev–Trinajstić information content (AvgIpc) is 2.02. The Bertz CT molecular complexity index is 203. The molecule has 0 saturated carbocycles. The fourth-order valence-corrected chi connectivity index (χ4v) is 2.07. The summed E-state index contributed by atoms with van der Waals surface area (Å²) >= 11 is 0. The Morgan fingerprint density at radius 3 is 2.69 bits per heavy atom. The predicted octanol–water partition coefficient (Wildman–Crippen LogP) is 0.324. The molecule has 2 saturated heterocycles. The molecule has 1 atom stereocenters. The van der Waals surface area contributed by atoms with E-state index in [-0.39, 0.29) is 6.04 Å². The zero-order valence-electron chi connectivity index (χ0n) is 7.61. The Labute approximate surface area is 77.5 Å². The Hall–Kier alpha value is -0.610. The molecule has 2 rings (SSSR count). The van der Waals surface area contributed by atoms with Crippen LogP contribution in [0.2, 0.25) is 0 Å². The number of carboxylic acid groups (broad SMARTS) is 1. The van der Waals surface area contributed by atoms with Crippen molar-refractivity contribution in [1.82, 2.24) is 4.90 Å². The molecule has 1 unspecified atom stereocenters. The molecule has 0 spiro atoms. The number of piperidine rings is 1. The lowest BCUT2D eigenvalue weighted by Crippen LogP contribution is -2.57. The third-order valence-electron chi connectivity index (χ3n) is 2.92. The molecule has 2 fully saturated rings.